The Balaban J connectivity index is 1.82. The highest BCUT2D eigenvalue weighted by atomic mass is 16.5. The molecule has 0 atom stereocenters. The molecule has 4 heteroatoms. The summed E-state index contributed by atoms with van der Waals surface area (Å²) in [5.74, 6) is 0.834. The number of phenolic OH excluding ortho intramolecular Hbond substituents is 1. The lowest BCUT2D eigenvalue weighted by molar-refractivity contribution is 0.0374. The molecule has 1 N–H and O–H groups in total. The van der Waals surface area contributed by atoms with Crippen LogP contribution >= 0.6 is 0 Å². The zero-order valence-corrected chi connectivity index (χ0v) is 10.9. The first kappa shape index (κ1) is 13.2. The summed E-state index contributed by atoms with van der Waals surface area (Å²) in [6.45, 7) is 4.77. The van der Waals surface area contributed by atoms with Gasteiger partial charge in [0.25, 0.3) is 0 Å². The molecule has 1 aromatic rings. The van der Waals surface area contributed by atoms with Crippen LogP contribution in [0, 0.1) is 0 Å². The first-order chi connectivity index (χ1) is 8.81. The van der Waals surface area contributed by atoms with Crippen LogP contribution in [0.3, 0.4) is 0 Å². The van der Waals surface area contributed by atoms with E-state index in [9.17, 15) is 5.11 Å². The van der Waals surface area contributed by atoms with Crippen LogP contribution in [0.4, 0.5) is 0 Å². The fourth-order valence-corrected chi connectivity index (χ4v) is 2.25. The molecule has 1 aliphatic rings. The van der Waals surface area contributed by atoms with E-state index in [4.69, 9.17) is 9.47 Å². The summed E-state index contributed by atoms with van der Waals surface area (Å²) in [5.41, 5.74) is 0.961. The fourth-order valence-electron chi connectivity index (χ4n) is 2.25. The monoisotopic (exact) mass is 251 g/mol. The Morgan fingerprint density at radius 1 is 1.33 bits per heavy atom. The lowest BCUT2D eigenvalue weighted by Crippen LogP contribution is -2.36. The van der Waals surface area contributed by atoms with Gasteiger partial charge in [0, 0.05) is 13.1 Å². The minimum atomic E-state index is 0.280. The van der Waals surface area contributed by atoms with E-state index in [0.29, 0.717) is 5.75 Å². The number of hydrogen-bond donors (Lipinski definition) is 1. The van der Waals surface area contributed by atoms with Crippen molar-refractivity contribution in [2.24, 2.45) is 0 Å². The Morgan fingerprint density at radius 2 is 2.11 bits per heavy atom. The van der Waals surface area contributed by atoms with Gasteiger partial charge in [-0.2, -0.15) is 0 Å². The zero-order valence-electron chi connectivity index (χ0n) is 10.9. The van der Waals surface area contributed by atoms with Gasteiger partial charge in [-0.05, 0) is 31.0 Å². The van der Waals surface area contributed by atoms with Crippen molar-refractivity contribution in [1.29, 1.82) is 0 Å². The van der Waals surface area contributed by atoms with E-state index in [0.717, 1.165) is 51.3 Å². The van der Waals surface area contributed by atoms with Gasteiger partial charge < -0.3 is 14.6 Å². The van der Waals surface area contributed by atoms with Crippen LogP contribution in [-0.2, 0) is 11.2 Å². The second-order valence-electron chi connectivity index (χ2n) is 4.53. The van der Waals surface area contributed by atoms with Crippen LogP contribution in [0.15, 0.2) is 18.2 Å². The summed E-state index contributed by atoms with van der Waals surface area (Å²) < 4.78 is 10.4. The third-order valence-electron chi connectivity index (χ3n) is 3.33. The zero-order chi connectivity index (χ0) is 12.8. The number of rotatable bonds is 5. The van der Waals surface area contributed by atoms with E-state index in [1.807, 2.05) is 12.1 Å². The number of methoxy groups -OCH3 is 1. The molecule has 4 nitrogen and oxygen atoms in total. The number of benzene rings is 1. The van der Waals surface area contributed by atoms with Gasteiger partial charge in [0.1, 0.15) is 0 Å². The Hall–Kier alpha value is -1.26. The SMILES string of the molecule is COc1cccc(CCCN2CCOCC2)c1O. The molecule has 0 unspecified atom stereocenters. The molecule has 0 bridgehead atoms. The Labute approximate surface area is 108 Å². The average Bonchev–Trinajstić information content (AvgIpc) is 2.42. The maximum absolute atomic E-state index is 9.97. The normalized spacial score (nSPS) is 16.7. The highest BCUT2D eigenvalue weighted by Crippen LogP contribution is 2.30. The van der Waals surface area contributed by atoms with Crippen LogP contribution in [-0.4, -0.2) is 50.0 Å². The molecule has 1 heterocycles. The van der Waals surface area contributed by atoms with E-state index in [1.165, 1.54) is 0 Å². The summed E-state index contributed by atoms with van der Waals surface area (Å²) in [7, 11) is 1.58. The molecule has 0 saturated carbocycles. The van der Waals surface area contributed by atoms with Crippen molar-refractivity contribution in [3.05, 3.63) is 23.8 Å². The summed E-state index contributed by atoms with van der Waals surface area (Å²) in [5, 5.41) is 9.97. The number of morpholine rings is 1. The Bertz CT molecular complexity index is 375. The maximum atomic E-state index is 9.97. The first-order valence-corrected chi connectivity index (χ1v) is 6.46. The second-order valence-corrected chi connectivity index (χ2v) is 4.53. The molecule has 1 aliphatic heterocycles. The van der Waals surface area contributed by atoms with Crippen LogP contribution < -0.4 is 4.74 Å². The van der Waals surface area contributed by atoms with Crippen LogP contribution in [0.1, 0.15) is 12.0 Å². The maximum Gasteiger partial charge on any atom is 0.160 e. The predicted octanol–water partition coefficient (Wildman–Crippen LogP) is 1.67. The predicted molar refractivity (Wildman–Crippen MR) is 70.2 cm³/mol. The molecule has 1 fully saturated rings. The molecule has 0 spiro atoms. The fraction of sp³-hybridized carbons (Fsp3) is 0.571. The number of aromatic hydroxyl groups is 1. The number of aryl methyl sites for hydroxylation is 1. The third kappa shape index (κ3) is 3.37. The molecular formula is C14H21NO3. The van der Waals surface area contributed by atoms with E-state index in [2.05, 4.69) is 4.90 Å². The molecule has 18 heavy (non-hydrogen) atoms. The van der Waals surface area contributed by atoms with Gasteiger partial charge in [-0.15, -0.1) is 0 Å². The standard InChI is InChI=1S/C14H21NO3/c1-17-13-6-2-4-12(14(13)16)5-3-7-15-8-10-18-11-9-15/h2,4,6,16H,3,5,7-11H2,1H3. The molecule has 100 valence electrons. The molecule has 1 aromatic carbocycles. The van der Waals surface area contributed by atoms with Crippen molar-refractivity contribution in [1.82, 2.24) is 4.90 Å². The topological polar surface area (TPSA) is 41.9 Å². The third-order valence-corrected chi connectivity index (χ3v) is 3.33. The number of nitrogens with zero attached hydrogens (tertiary/aromatic N) is 1. The van der Waals surface area contributed by atoms with Gasteiger partial charge in [-0.1, -0.05) is 12.1 Å². The van der Waals surface area contributed by atoms with Crippen molar-refractivity contribution in [3.63, 3.8) is 0 Å². The Morgan fingerprint density at radius 3 is 2.83 bits per heavy atom. The summed E-state index contributed by atoms with van der Waals surface area (Å²) in [6.07, 6.45) is 1.92. The number of phenols is 1. The van der Waals surface area contributed by atoms with Crippen molar-refractivity contribution in [2.75, 3.05) is 40.0 Å². The van der Waals surface area contributed by atoms with Crippen molar-refractivity contribution >= 4 is 0 Å². The number of para-hydroxylation sites is 1. The van der Waals surface area contributed by atoms with Crippen molar-refractivity contribution in [3.8, 4) is 11.5 Å². The molecule has 0 radical (unpaired) electrons. The largest absolute Gasteiger partial charge is 0.504 e. The second kappa shape index (κ2) is 6.61. The van der Waals surface area contributed by atoms with Crippen LogP contribution in [0.25, 0.3) is 0 Å². The van der Waals surface area contributed by atoms with E-state index < -0.39 is 0 Å². The van der Waals surface area contributed by atoms with Crippen LogP contribution in [0.5, 0.6) is 11.5 Å². The summed E-state index contributed by atoms with van der Waals surface area (Å²) >= 11 is 0. The van der Waals surface area contributed by atoms with Gasteiger partial charge in [0.2, 0.25) is 0 Å². The molecule has 0 amide bonds. The number of ether oxygens (including phenoxy) is 2. The van der Waals surface area contributed by atoms with E-state index >= 15 is 0 Å². The average molecular weight is 251 g/mol. The quantitative estimate of drug-likeness (QED) is 0.864. The molecule has 1 saturated heterocycles. The van der Waals surface area contributed by atoms with Crippen molar-refractivity contribution < 1.29 is 14.6 Å². The smallest absolute Gasteiger partial charge is 0.160 e. The lowest BCUT2D eigenvalue weighted by Gasteiger charge is -2.26. The van der Waals surface area contributed by atoms with Crippen molar-refractivity contribution in [2.45, 2.75) is 12.8 Å². The minimum absolute atomic E-state index is 0.280. The van der Waals surface area contributed by atoms with Crippen LogP contribution in [0.2, 0.25) is 0 Å². The molecule has 2 rings (SSSR count). The highest BCUT2D eigenvalue weighted by Gasteiger charge is 2.11. The molecular weight excluding hydrogens is 230 g/mol. The van der Waals surface area contributed by atoms with Gasteiger partial charge in [0.15, 0.2) is 11.5 Å². The molecule has 0 aliphatic carbocycles. The first-order valence-electron chi connectivity index (χ1n) is 6.46. The lowest BCUT2D eigenvalue weighted by atomic mass is 10.1. The minimum Gasteiger partial charge on any atom is -0.504 e. The molecule has 0 aromatic heterocycles. The number of hydrogen-bond acceptors (Lipinski definition) is 4. The van der Waals surface area contributed by atoms with E-state index in [-0.39, 0.29) is 5.75 Å². The highest BCUT2D eigenvalue weighted by molar-refractivity contribution is 5.45. The van der Waals surface area contributed by atoms with Gasteiger partial charge in [0.05, 0.1) is 20.3 Å². The summed E-state index contributed by atoms with van der Waals surface area (Å²) in [6, 6.07) is 5.65. The Kier molecular flexibility index (Phi) is 4.84. The summed E-state index contributed by atoms with van der Waals surface area (Å²) in [4.78, 5) is 2.40. The van der Waals surface area contributed by atoms with Gasteiger partial charge in [-0.25, -0.2) is 0 Å². The van der Waals surface area contributed by atoms with E-state index in [1.54, 1.807) is 13.2 Å². The van der Waals surface area contributed by atoms with Gasteiger partial charge >= 0.3 is 0 Å². The van der Waals surface area contributed by atoms with Gasteiger partial charge in [-0.3, -0.25) is 4.90 Å².